The zero-order chi connectivity index (χ0) is 24.9. The maximum Gasteiger partial charge on any atom is 0.274 e. The third kappa shape index (κ3) is 4.22. The van der Waals surface area contributed by atoms with E-state index in [2.05, 4.69) is 29.2 Å². The second kappa shape index (κ2) is 8.40. The predicted molar refractivity (Wildman–Crippen MR) is 124 cm³/mol. The van der Waals surface area contributed by atoms with Crippen LogP contribution in [0.1, 0.15) is 31.9 Å². The summed E-state index contributed by atoms with van der Waals surface area (Å²) in [5, 5.41) is 7.37. The summed E-state index contributed by atoms with van der Waals surface area (Å²) in [5.74, 6) is -2.94. The van der Waals surface area contributed by atoms with Gasteiger partial charge in [-0.3, -0.25) is 9.48 Å². The number of amides is 1. The molecule has 2 aromatic heterocycles. The molecule has 1 aromatic carbocycles. The second-order valence-electron chi connectivity index (χ2n) is 9.33. The molecule has 35 heavy (non-hydrogen) atoms. The molecule has 3 aromatic rings. The van der Waals surface area contributed by atoms with E-state index in [9.17, 15) is 18.0 Å². The molecule has 11 heteroatoms. The lowest BCUT2D eigenvalue weighted by Gasteiger charge is -2.35. The lowest BCUT2D eigenvalue weighted by molar-refractivity contribution is -0.115. The number of rotatable bonds is 6. The Kier molecular flexibility index (Phi) is 5.49. The normalized spacial score (nSPS) is 16.3. The minimum Gasteiger partial charge on any atom is -0.350 e. The molecule has 0 bridgehead atoms. The third-order valence-corrected chi connectivity index (χ3v) is 5.99. The van der Waals surface area contributed by atoms with Crippen LogP contribution >= 0.6 is 0 Å². The molecule has 2 aliphatic rings. The standard InChI is InChI=1S/C24H24F3N7O/c1-4-33-19-10-29-23(31-21(19)34-13-24(2,3)7-18(34)22(33)35)28-8-15-9-30-32(12-15)11-14-5-16(25)20(27)17(26)6-14/h5-7,9-10,12H,4,8,11,13H2,1-3H3,(H,28,29,31). The van der Waals surface area contributed by atoms with Gasteiger partial charge in [-0.25, -0.2) is 18.2 Å². The molecule has 2 aliphatic heterocycles. The number of carbonyl (C=O) groups excluding carboxylic acids is 1. The largest absolute Gasteiger partial charge is 0.350 e. The van der Waals surface area contributed by atoms with Gasteiger partial charge in [-0.05, 0) is 30.7 Å². The number of nitrogens with one attached hydrogen (secondary N) is 1. The monoisotopic (exact) mass is 483 g/mol. The Labute approximate surface area is 200 Å². The summed E-state index contributed by atoms with van der Waals surface area (Å²) < 4.78 is 41.6. The summed E-state index contributed by atoms with van der Waals surface area (Å²) >= 11 is 0. The molecule has 0 atom stereocenters. The molecule has 0 aliphatic carbocycles. The summed E-state index contributed by atoms with van der Waals surface area (Å²) in [6.07, 6.45) is 6.97. The van der Waals surface area contributed by atoms with Gasteiger partial charge in [-0.1, -0.05) is 13.8 Å². The van der Waals surface area contributed by atoms with E-state index in [1.165, 1.54) is 4.68 Å². The Bertz CT molecular complexity index is 1330. The first-order chi connectivity index (χ1) is 16.6. The van der Waals surface area contributed by atoms with E-state index in [4.69, 9.17) is 4.98 Å². The molecule has 1 N–H and O–H groups in total. The van der Waals surface area contributed by atoms with Crippen LogP contribution in [0.5, 0.6) is 0 Å². The lowest BCUT2D eigenvalue weighted by atomic mass is 9.95. The van der Waals surface area contributed by atoms with Gasteiger partial charge in [-0.15, -0.1) is 0 Å². The molecule has 0 saturated carbocycles. The second-order valence-corrected chi connectivity index (χ2v) is 9.33. The highest BCUT2D eigenvalue weighted by Gasteiger charge is 2.42. The van der Waals surface area contributed by atoms with Gasteiger partial charge in [-0.2, -0.15) is 10.1 Å². The predicted octanol–water partition coefficient (Wildman–Crippen LogP) is 3.85. The minimum atomic E-state index is -1.49. The Morgan fingerprint density at radius 2 is 1.86 bits per heavy atom. The fourth-order valence-corrected chi connectivity index (χ4v) is 4.41. The van der Waals surface area contributed by atoms with Crippen LogP contribution in [0.3, 0.4) is 0 Å². The first kappa shape index (κ1) is 22.9. The minimum absolute atomic E-state index is 0.0526. The van der Waals surface area contributed by atoms with Crippen molar-refractivity contribution in [2.45, 2.75) is 33.9 Å². The van der Waals surface area contributed by atoms with Gasteiger partial charge in [0.05, 0.1) is 18.9 Å². The number of carbonyl (C=O) groups is 1. The number of halogens is 3. The van der Waals surface area contributed by atoms with Crippen molar-refractivity contribution in [2.75, 3.05) is 28.2 Å². The van der Waals surface area contributed by atoms with E-state index in [0.717, 1.165) is 17.7 Å². The van der Waals surface area contributed by atoms with Crippen LogP contribution in [0.4, 0.5) is 30.6 Å². The Hall–Kier alpha value is -3.89. The summed E-state index contributed by atoms with van der Waals surface area (Å²) in [5.41, 5.74) is 2.20. The average molecular weight is 483 g/mol. The summed E-state index contributed by atoms with van der Waals surface area (Å²) in [4.78, 5) is 25.6. The molecule has 0 saturated heterocycles. The molecule has 5 rings (SSSR count). The fourth-order valence-electron chi connectivity index (χ4n) is 4.41. The van der Waals surface area contributed by atoms with Crippen LogP contribution < -0.4 is 15.1 Å². The molecular formula is C24H24F3N7O. The van der Waals surface area contributed by atoms with Crippen molar-refractivity contribution >= 4 is 23.4 Å². The number of anilines is 3. The third-order valence-electron chi connectivity index (χ3n) is 5.99. The molecular weight excluding hydrogens is 459 g/mol. The van der Waals surface area contributed by atoms with Gasteiger partial charge in [0.25, 0.3) is 5.91 Å². The van der Waals surface area contributed by atoms with E-state index in [0.29, 0.717) is 42.8 Å². The van der Waals surface area contributed by atoms with Gasteiger partial charge < -0.3 is 15.1 Å². The van der Waals surface area contributed by atoms with Crippen LogP contribution in [0.2, 0.25) is 0 Å². The SMILES string of the molecule is CCN1C(=O)C2=CC(C)(C)CN2c2nc(NCc3cnn(Cc4cc(F)c(F)c(F)c4)c3)ncc21. The average Bonchev–Trinajstić information content (AvgIpc) is 3.39. The van der Waals surface area contributed by atoms with Gasteiger partial charge in [0.2, 0.25) is 5.95 Å². The van der Waals surface area contributed by atoms with Crippen molar-refractivity contribution in [3.05, 3.63) is 71.1 Å². The molecule has 0 radical (unpaired) electrons. The van der Waals surface area contributed by atoms with Crippen molar-refractivity contribution in [1.82, 2.24) is 19.7 Å². The van der Waals surface area contributed by atoms with Gasteiger partial charge >= 0.3 is 0 Å². The summed E-state index contributed by atoms with van der Waals surface area (Å²) in [6, 6.07) is 1.90. The first-order valence-electron chi connectivity index (χ1n) is 11.2. The van der Waals surface area contributed by atoms with E-state index >= 15 is 0 Å². The van der Waals surface area contributed by atoms with Crippen LogP contribution in [-0.2, 0) is 17.9 Å². The number of nitrogens with zero attached hydrogens (tertiary/aromatic N) is 6. The van der Waals surface area contributed by atoms with Gasteiger partial charge in [0.15, 0.2) is 23.3 Å². The first-order valence-corrected chi connectivity index (χ1v) is 11.2. The van der Waals surface area contributed by atoms with E-state index in [-0.39, 0.29) is 23.4 Å². The van der Waals surface area contributed by atoms with Crippen LogP contribution in [0.15, 0.2) is 42.5 Å². The number of hydrogen-bond donors (Lipinski definition) is 1. The number of benzene rings is 1. The van der Waals surface area contributed by atoms with Crippen LogP contribution in [0.25, 0.3) is 0 Å². The summed E-state index contributed by atoms with van der Waals surface area (Å²) in [7, 11) is 0. The molecule has 8 nitrogen and oxygen atoms in total. The maximum absolute atomic E-state index is 13.5. The lowest BCUT2D eigenvalue weighted by Crippen LogP contribution is -2.43. The quantitative estimate of drug-likeness (QED) is 0.537. The van der Waals surface area contributed by atoms with Crippen molar-refractivity contribution in [3.63, 3.8) is 0 Å². The fraction of sp³-hybridized carbons (Fsp3) is 0.333. The van der Waals surface area contributed by atoms with Gasteiger partial charge in [0.1, 0.15) is 11.4 Å². The maximum atomic E-state index is 13.5. The van der Waals surface area contributed by atoms with Crippen molar-refractivity contribution in [3.8, 4) is 0 Å². The number of aromatic nitrogens is 4. The molecule has 0 spiro atoms. The van der Waals surface area contributed by atoms with Crippen molar-refractivity contribution < 1.29 is 18.0 Å². The molecule has 0 unspecified atom stereocenters. The van der Waals surface area contributed by atoms with Crippen molar-refractivity contribution in [2.24, 2.45) is 5.41 Å². The molecule has 182 valence electrons. The molecule has 1 amide bonds. The topological polar surface area (TPSA) is 79.2 Å². The summed E-state index contributed by atoms with van der Waals surface area (Å²) in [6.45, 7) is 7.67. The number of hydrogen-bond acceptors (Lipinski definition) is 6. The molecule has 4 heterocycles. The van der Waals surface area contributed by atoms with Crippen LogP contribution in [-0.4, -0.2) is 38.7 Å². The Morgan fingerprint density at radius 1 is 1.11 bits per heavy atom. The Morgan fingerprint density at radius 3 is 2.57 bits per heavy atom. The van der Waals surface area contributed by atoms with E-state index in [1.807, 2.05) is 17.9 Å². The highest BCUT2D eigenvalue weighted by atomic mass is 19.2. The van der Waals surface area contributed by atoms with E-state index < -0.39 is 17.5 Å². The highest BCUT2D eigenvalue weighted by Crippen LogP contribution is 2.43. The highest BCUT2D eigenvalue weighted by molar-refractivity contribution is 6.13. The Balaban J connectivity index is 1.32. The zero-order valence-corrected chi connectivity index (χ0v) is 19.5. The van der Waals surface area contributed by atoms with Crippen LogP contribution in [0, 0.1) is 22.9 Å². The molecule has 0 fully saturated rings. The number of fused-ring (bicyclic) bond motifs is 3. The number of likely N-dealkylation sites (N-methyl/N-ethyl adjacent to an activating group) is 1. The smallest absolute Gasteiger partial charge is 0.274 e. The zero-order valence-electron chi connectivity index (χ0n) is 19.5. The van der Waals surface area contributed by atoms with Gasteiger partial charge in [0, 0.05) is 36.8 Å². The van der Waals surface area contributed by atoms with E-state index in [1.54, 1.807) is 23.5 Å². The van der Waals surface area contributed by atoms with Crippen molar-refractivity contribution in [1.29, 1.82) is 0 Å².